The fourth-order valence-corrected chi connectivity index (χ4v) is 2.49. The Hall–Kier alpha value is -1.16. The minimum Gasteiger partial charge on any atom is -0.435 e. The fraction of sp³-hybridized carbons (Fsp3) is 0.647. The van der Waals surface area contributed by atoms with Crippen molar-refractivity contribution in [2.45, 2.75) is 64.5 Å². The van der Waals surface area contributed by atoms with Gasteiger partial charge in [0, 0.05) is 6.04 Å². The van der Waals surface area contributed by atoms with Gasteiger partial charge in [0.25, 0.3) is 0 Å². The fourth-order valence-electron chi connectivity index (χ4n) is 2.49. The lowest BCUT2D eigenvalue weighted by atomic mass is 9.99. The average Bonchev–Trinajstić information content (AvgIpc) is 2.47. The predicted molar refractivity (Wildman–Crippen MR) is 82.9 cm³/mol. The lowest BCUT2D eigenvalue weighted by Crippen LogP contribution is -2.16. The van der Waals surface area contributed by atoms with Gasteiger partial charge in [-0.1, -0.05) is 57.6 Å². The van der Waals surface area contributed by atoms with Crippen LogP contribution in [0.2, 0.25) is 0 Å². The summed E-state index contributed by atoms with van der Waals surface area (Å²) in [6.07, 6.45) is 8.71. The molecule has 1 aromatic carbocycles. The Morgan fingerprint density at radius 3 is 2.19 bits per heavy atom. The number of nitrogens with one attached hydrogen (secondary N) is 1. The van der Waals surface area contributed by atoms with Gasteiger partial charge in [0.1, 0.15) is 5.75 Å². The van der Waals surface area contributed by atoms with Crippen molar-refractivity contribution >= 4 is 0 Å². The van der Waals surface area contributed by atoms with E-state index in [0.717, 1.165) is 12.0 Å². The summed E-state index contributed by atoms with van der Waals surface area (Å²) in [6.45, 7) is -0.544. The van der Waals surface area contributed by atoms with Crippen molar-refractivity contribution in [2.24, 2.45) is 0 Å². The average molecular weight is 299 g/mol. The minimum atomic E-state index is -2.76. The Balaban J connectivity index is 2.37. The first-order valence-electron chi connectivity index (χ1n) is 7.89. The van der Waals surface area contributed by atoms with E-state index in [2.05, 4.69) is 17.0 Å². The van der Waals surface area contributed by atoms with E-state index in [-0.39, 0.29) is 11.8 Å². The molecule has 0 aliphatic rings. The Labute approximate surface area is 126 Å². The number of alkyl halides is 2. The highest BCUT2D eigenvalue weighted by molar-refractivity contribution is 5.29. The Kier molecular flexibility index (Phi) is 8.99. The molecule has 0 aliphatic carbocycles. The van der Waals surface area contributed by atoms with Crippen LogP contribution in [0, 0.1) is 0 Å². The zero-order valence-corrected chi connectivity index (χ0v) is 13.1. The number of unbranched alkanes of at least 4 members (excludes halogenated alkanes) is 5. The smallest absolute Gasteiger partial charge is 0.387 e. The molecule has 1 aromatic rings. The molecule has 0 bridgehead atoms. The van der Waals surface area contributed by atoms with Gasteiger partial charge in [-0.2, -0.15) is 8.78 Å². The van der Waals surface area contributed by atoms with E-state index in [1.54, 1.807) is 12.1 Å². The highest BCUT2D eigenvalue weighted by atomic mass is 19.3. The summed E-state index contributed by atoms with van der Waals surface area (Å²) in [4.78, 5) is 0. The molecular weight excluding hydrogens is 272 g/mol. The monoisotopic (exact) mass is 299 g/mol. The minimum absolute atomic E-state index is 0.211. The molecule has 120 valence electrons. The summed E-state index contributed by atoms with van der Waals surface area (Å²) in [6, 6.07) is 7.20. The summed E-state index contributed by atoms with van der Waals surface area (Å²) in [7, 11) is 1.94. The molecule has 21 heavy (non-hydrogen) atoms. The van der Waals surface area contributed by atoms with Crippen LogP contribution in [0.3, 0.4) is 0 Å². The van der Waals surface area contributed by atoms with Crippen LogP contribution in [0.15, 0.2) is 24.3 Å². The highest BCUT2D eigenvalue weighted by Gasteiger charge is 2.10. The van der Waals surface area contributed by atoms with Gasteiger partial charge in [-0.05, 0) is 31.2 Å². The largest absolute Gasteiger partial charge is 0.435 e. The number of hydrogen-bond donors (Lipinski definition) is 1. The van der Waals surface area contributed by atoms with Gasteiger partial charge in [0.2, 0.25) is 0 Å². The van der Waals surface area contributed by atoms with E-state index in [1.165, 1.54) is 38.5 Å². The summed E-state index contributed by atoms with van der Waals surface area (Å²) in [5.41, 5.74) is 1.12. The summed E-state index contributed by atoms with van der Waals surface area (Å²) < 4.78 is 28.6. The Morgan fingerprint density at radius 2 is 1.62 bits per heavy atom. The van der Waals surface area contributed by atoms with Crippen LogP contribution in [0.4, 0.5) is 8.78 Å². The third-order valence-electron chi connectivity index (χ3n) is 3.70. The lowest BCUT2D eigenvalue weighted by molar-refractivity contribution is -0.0498. The van der Waals surface area contributed by atoms with Gasteiger partial charge in [-0.3, -0.25) is 0 Å². The van der Waals surface area contributed by atoms with Crippen molar-refractivity contribution in [3.8, 4) is 5.75 Å². The highest BCUT2D eigenvalue weighted by Crippen LogP contribution is 2.23. The first-order valence-corrected chi connectivity index (χ1v) is 7.89. The Bertz CT molecular complexity index is 368. The molecule has 4 heteroatoms. The van der Waals surface area contributed by atoms with E-state index in [4.69, 9.17) is 0 Å². The molecule has 0 radical (unpaired) electrons. The Morgan fingerprint density at radius 1 is 1.00 bits per heavy atom. The molecule has 0 saturated carbocycles. The van der Waals surface area contributed by atoms with E-state index >= 15 is 0 Å². The van der Waals surface area contributed by atoms with Crippen molar-refractivity contribution < 1.29 is 13.5 Å². The van der Waals surface area contributed by atoms with Crippen LogP contribution in [0.25, 0.3) is 0 Å². The third-order valence-corrected chi connectivity index (χ3v) is 3.70. The van der Waals surface area contributed by atoms with Crippen molar-refractivity contribution in [1.82, 2.24) is 5.32 Å². The van der Waals surface area contributed by atoms with Gasteiger partial charge in [-0.15, -0.1) is 0 Å². The van der Waals surface area contributed by atoms with Crippen LogP contribution in [-0.4, -0.2) is 13.7 Å². The number of ether oxygens (including phenoxy) is 1. The van der Waals surface area contributed by atoms with Crippen LogP contribution >= 0.6 is 0 Å². The molecule has 1 rings (SSSR count). The number of halogens is 2. The molecule has 0 heterocycles. The van der Waals surface area contributed by atoms with E-state index in [1.807, 2.05) is 19.2 Å². The summed E-state index contributed by atoms with van der Waals surface area (Å²) >= 11 is 0. The number of hydrogen-bond acceptors (Lipinski definition) is 2. The van der Waals surface area contributed by atoms with E-state index < -0.39 is 6.61 Å². The number of benzene rings is 1. The van der Waals surface area contributed by atoms with Crippen LogP contribution in [-0.2, 0) is 0 Å². The van der Waals surface area contributed by atoms with Crippen molar-refractivity contribution in [1.29, 1.82) is 0 Å². The third kappa shape index (κ3) is 7.42. The van der Waals surface area contributed by atoms with Crippen molar-refractivity contribution in [3.05, 3.63) is 29.8 Å². The first-order chi connectivity index (χ1) is 10.2. The zero-order valence-electron chi connectivity index (χ0n) is 13.1. The molecule has 0 amide bonds. The second-order valence-electron chi connectivity index (χ2n) is 5.35. The quantitative estimate of drug-likeness (QED) is 0.560. The second-order valence-corrected chi connectivity index (χ2v) is 5.35. The van der Waals surface area contributed by atoms with Crippen LogP contribution in [0.1, 0.15) is 63.5 Å². The standard InChI is InChI=1S/C17H27F2NO/c1-3-4-5-6-7-8-9-16(20-2)14-10-12-15(13-11-14)21-17(18)19/h10-13,16-17,20H,3-9H2,1-2H3. The molecule has 0 aliphatic heterocycles. The van der Waals surface area contributed by atoms with Gasteiger partial charge < -0.3 is 10.1 Å². The normalized spacial score (nSPS) is 12.6. The van der Waals surface area contributed by atoms with Crippen LogP contribution < -0.4 is 10.1 Å². The van der Waals surface area contributed by atoms with Crippen molar-refractivity contribution in [3.63, 3.8) is 0 Å². The van der Waals surface area contributed by atoms with Crippen LogP contribution in [0.5, 0.6) is 5.75 Å². The molecule has 1 atom stereocenters. The maximum absolute atomic E-state index is 12.1. The molecule has 0 aromatic heterocycles. The zero-order chi connectivity index (χ0) is 15.5. The van der Waals surface area contributed by atoms with Gasteiger partial charge in [0.15, 0.2) is 0 Å². The molecule has 2 nitrogen and oxygen atoms in total. The van der Waals surface area contributed by atoms with E-state index in [0.29, 0.717) is 0 Å². The summed E-state index contributed by atoms with van der Waals surface area (Å²) in [5, 5.41) is 3.29. The first kappa shape index (κ1) is 17.9. The topological polar surface area (TPSA) is 21.3 Å². The molecule has 0 fully saturated rings. The van der Waals surface area contributed by atoms with Gasteiger partial charge in [0.05, 0.1) is 0 Å². The SMILES string of the molecule is CCCCCCCCC(NC)c1ccc(OC(F)F)cc1. The predicted octanol–water partition coefficient (Wildman–Crippen LogP) is 5.30. The maximum Gasteiger partial charge on any atom is 0.387 e. The van der Waals surface area contributed by atoms with Gasteiger partial charge >= 0.3 is 6.61 Å². The molecule has 0 saturated heterocycles. The molecule has 1 N–H and O–H groups in total. The molecular formula is C17H27F2NO. The van der Waals surface area contributed by atoms with Crippen molar-refractivity contribution in [2.75, 3.05) is 7.05 Å². The van der Waals surface area contributed by atoms with Gasteiger partial charge in [-0.25, -0.2) is 0 Å². The number of rotatable bonds is 11. The maximum atomic E-state index is 12.1. The molecule has 1 unspecified atom stereocenters. The lowest BCUT2D eigenvalue weighted by Gasteiger charge is -2.17. The second kappa shape index (κ2) is 10.6. The molecule has 0 spiro atoms. The summed E-state index contributed by atoms with van der Waals surface area (Å²) in [5.74, 6) is 0.211. The van der Waals surface area contributed by atoms with E-state index in [9.17, 15) is 8.78 Å².